The van der Waals surface area contributed by atoms with Crippen LogP contribution in [0.3, 0.4) is 0 Å². The van der Waals surface area contributed by atoms with Crippen LogP contribution in [0.1, 0.15) is 66.8 Å². The first-order chi connectivity index (χ1) is 29.7. The topological polar surface area (TPSA) is 0 Å². The van der Waals surface area contributed by atoms with E-state index in [1.807, 2.05) is 68.0 Å². The lowest BCUT2D eigenvalue weighted by Gasteiger charge is -2.10. The molecule has 0 amide bonds. The van der Waals surface area contributed by atoms with E-state index >= 15 is 0 Å². The maximum atomic E-state index is 3.94. The van der Waals surface area contributed by atoms with E-state index in [0.29, 0.717) is 0 Å². The Morgan fingerprint density at radius 1 is 0.258 bits per heavy atom. The van der Waals surface area contributed by atoms with Crippen LogP contribution in [0.4, 0.5) is 0 Å². The Morgan fingerprint density at radius 2 is 0.435 bits per heavy atom. The SMILES string of the molecule is Cc1cc(C)c(-c2sc3c#cc4sc(-c5c(C)cc(C)cc5C)c5sc6c(-c7c(C)cc(C)cc7C)sc(c#cc7sc(-c8c(C)cc(C)cc8C)c8sc2c3c78)c6c45)c(C)c1. The van der Waals surface area contributed by atoms with Crippen LogP contribution in [0, 0.1) is 107 Å². The molecule has 0 spiro atoms. The quantitative estimate of drug-likeness (QED) is 0.165. The molecule has 6 heteroatoms. The molecule has 5 aromatic carbocycles. The molecule has 304 valence electrons. The Labute approximate surface area is 388 Å². The van der Waals surface area contributed by atoms with Crippen molar-refractivity contribution in [3.05, 3.63) is 140 Å². The van der Waals surface area contributed by atoms with Crippen molar-refractivity contribution in [2.45, 2.75) is 83.1 Å². The first kappa shape index (κ1) is 40.0. The molecule has 0 bridgehead atoms. The van der Waals surface area contributed by atoms with Crippen LogP contribution in [0.5, 0.6) is 0 Å². The van der Waals surface area contributed by atoms with Gasteiger partial charge in [0, 0.05) is 21.5 Å². The highest BCUT2D eigenvalue weighted by atomic mass is 32.1. The molecule has 11 aromatic rings. The summed E-state index contributed by atoms with van der Waals surface area (Å²) in [5, 5.41) is 5.11. The lowest BCUT2D eigenvalue weighted by Crippen LogP contribution is -1.88. The summed E-state index contributed by atoms with van der Waals surface area (Å²) in [5.41, 5.74) is 21.1. The molecule has 0 N–H and O–H groups in total. The van der Waals surface area contributed by atoms with Crippen molar-refractivity contribution in [1.82, 2.24) is 0 Å². The van der Waals surface area contributed by atoms with Crippen LogP contribution in [0.2, 0.25) is 0 Å². The third-order valence-electron chi connectivity index (χ3n) is 12.6. The summed E-state index contributed by atoms with van der Waals surface area (Å²) >= 11 is 11.4. The number of rotatable bonds is 4. The first-order valence-corrected chi connectivity index (χ1v) is 26.0. The van der Waals surface area contributed by atoms with Crippen molar-refractivity contribution >= 4 is 127 Å². The van der Waals surface area contributed by atoms with E-state index in [9.17, 15) is 0 Å². The molecule has 0 fully saturated rings. The highest BCUT2D eigenvalue weighted by Crippen LogP contribution is 2.57. The number of hydrogen-bond donors (Lipinski definition) is 0. The van der Waals surface area contributed by atoms with Gasteiger partial charge in [0.2, 0.25) is 0 Å². The molecule has 6 heterocycles. The summed E-state index contributed by atoms with van der Waals surface area (Å²) < 4.78 is 9.89. The fourth-order valence-electron chi connectivity index (χ4n) is 10.6. The Kier molecular flexibility index (Phi) is 9.29. The number of aryl methyl sites for hydroxylation is 12. The third kappa shape index (κ3) is 5.95. The third-order valence-corrected chi connectivity index (χ3v) is 20.0. The van der Waals surface area contributed by atoms with E-state index in [1.165, 1.54) is 149 Å². The highest BCUT2D eigenvalue weighted by Gasteiger charge is 2.27. The van der Waals surface area contributed by atoms with Crippen molar-refractivity contribution in [3.63, 3.8) is 0 Å². The minimum atomic E-state index is 1.14. The van der Waals surface area contributed by atoms with Gasteiger partial charge in [-0.1, -0.05) is 70.8 Å². The molecule has 0 atom stereocenters. The molecule has 0 aliphatic heterocycles. The Morgan fingerprint density at radius 3 is 0.613 bits per heavy atom. The minimum Gasteiger partial charge on any atom is -0.132 e. The fraction of sp³-hybridized carbons (Fsp3) is 0.214. The zero-order valence-electron chi connectivity index (χ0n) is 37.1. The van der Waals surface area contributed by atoms with E-state index in [4.69, 9.17) is 0 Å². The average molecular weight is 909 g/mol. The van der Waals surface area contributed by atoms with Crippen LogP contribution < -0.4 is 0 Å². The summed E-state index contributed by atoms with van der Waals surface area (Å²) in [6, 6.07) is 34.5. The van der Waals surface area contributed by atoms with Gasteiger partial charge in [0.05, 0.1) is 57.1 Å². The molecular formula is C56H44S6. The molecule has 0 saturated carbocycles. The van der Waals surface area contributed by atoms with Gasteiger partial charge < -0.3 is 0 Å². The lowest BCUT2D eigenvalue weighted by atomic mass is 9.97. The standard InChI is InChI=1S/C56H44S6/c1-25-17-29(5)41(30(6)18-25)49-53-45-37(57-49)13-14-39-47-48-40(16-15-38-46(45)54(61-53)50(58-38)42-31(7)19-26(2)20-32(42)8)60-52(44-35(11)23-28(4)24-36(44)12)56(48)62-55(47)51(59-39)43-33(9)21-27(3)22-34(43)10/h17-24H,1-12H3. The molecule has 62 heavy (non-hydrogen) atoms. The molecule has 0 unspecified atom stereocenters. The molecule has 0 radical (unpaired) electrons. The van der Waals surface area contributed by atoms with Gasteiger partial charge in [-0.15, -0.1) is 68.0 Å². The maximum absolute atomic E-state index is 3.94. The van der Waals surface area contributed by atoms with Crippen LogP contribution in [-0.2, 0) is 0 Å². The molecule has 11 rings (SSSR count). The van der Waals surface area contributed by atoms with Crippen LogP contribution >= 0.6 is 68.0 Å². The van der Waals surface area contributed by atoms with Gasteiger partial charge in [-0.25, -0.2) is 0 Å². The van der Waals surface area contributed by atoms with Gasteiger partial charge >= 0.3 is 0 Å². The Balaban J connectivity index is 1.34. The molecule has 0 aliphatic rings. The van der Waals surface area contributed by atoms with Crippen LogP contribution in [0.25, 0.3) is 101 Å². The second kappa shape index (κ2) is 14.4. The molecular weight excluding hydrogens is 865 g/mol. The van der Waals surface area contributed by atoms with Gasteiger partial charge in [-0.05, 0) is 174 Å². The summed E-state index contributed by atoms with van der Waals surface area (Å²) in [6.07, 6.45) is 0. The summed E-state index contributed by atoms with van der Waals surface area (Å²) in [5.74, 6) is 0. The van der Waals surface area contributed by atoms with Crippen molar-refractivity contribution in [1.29, 1.82) is 0 Å². The van der Waals surface area contributed by atoms with Gasteiger partial charge in [-0.2, -0.15) is 0 Å². The normalized spacial score (nSPS) is 11.9. The molecule has 0 aliphatic carbocycles. The maximum Gasteiger partial charge on any atom is 0.0873 e. The van der Waals surface area contributed by atoms with E-state index < -0.39 is 0 Å². The molecule has 6 aromatic heterocycles. The van der Waals surface area contributed by atoms with Crippen molar-refractivity contribution in [2.24, 2.45) is 0 Å². The number of thiophene rings is 6. The second-order valence-corrected chi connectivity index (χ2v) is 23.8. The Hall–Kier alpha value is -4.76. The largest absolute Gasteiger partial charge is 0.132 e. The van der Waals surface area contributed by atoms with E-state index in [2.05, 4.69) is 156 Å². The average Bonchev–Trinajstić information content (AvgIpc) is 4.00. The van der Waals surface area contributed by atoms with Gasteiger partial charge in [0.1, 0.15) is 0 Å². The monoisotopic (exact) mass is 908 g/mol. The second-order valence-electron chi connectivity index (χ2n) is 17.7. The van der Waals surface area contributed by atoms with E-state index in [0.717, 1.165) is 18.8 Å². The van der Waals surface area contributed by atoms with Gasteiger partial charge in [0.25, 0.3) is 0 Å². The zero-order chi connectivity index (χ0) is 43.2. The van der Waals surface area contributed by atoms with Crippen LogP contribution in [0.15, 0.2) is 48.5 Å². The fourth-order valence-corrected chi connectivity index (χ4v) is 19.2. The van der Waals surface area contributed by atoms with Crippen molar-refractivity contribution in [3.8, 4) is 41.8 Å². The predicted octanol–water partition coefficient (Wildman–Crippen LogP) is 19.1. The molecule has 0 nitrogen and oxygen atoms in total. The first-order valence-electron chi connectivity index (χ1n) is 21.1. The Bertz CT molecular complexity index is 3180. The van der Waals surface area contributed by atoms with Crippen molar-refractivity contribution < 1.29 is 0 Å². The molecule has 0 saturated heterocycles. The van der Waals surface area contributed by atoms with Gasteiger partial charge in [0.15, 0.2) is 0 Å². The van der Waals surface area contributed by atoms with Crippen molar-refractivity contribution in [2.75, 3.05) is 0 Å². The van der Waals surface area contributed by atoms with Crippen LogP contribution in [-0.4, -0.2) is 0 Å². The number of benzene rings is 4. The van der Waals surface area contributed by atoms with E-state index in [1.54, 1.807) is 0 Å². The zero-order valence-corrected chi connectivity index (χ0v) is 42.0. The minimum absolute atomic E-state index is 1.14. The van der Waals surface area contributed by atoms with Gasteiger partial charge in [-0.3, -0.25) is 0 Å². The van der Waals surface area contributed by atoms with E-state index in [-0.39, 0.29) is 0 Å². The highest BCUT2D eigenvalue weighted by molar-refractivity contribution is 7.38. The predicted molar refractivity (Wildman–Crippen MR) is 281 cm³/mol. The smallest absolute Gasteiger partial charge is 0.0873 e. The summed E-state index contributed by atoms with van der Waals surface area (Å²) in [4.78, 5) is 5.32. The summed E-state index contributed by atoms with van der Waals surface area (Å²) in [7, 11) is 0. The number of hydrogen-bond acceptors (Lipinski definition) is 6. The lowest BCUT2D eigenvalue weighted by molar-refractivity contribution is 1.33. The summed E-state index contributed by atoms with van der Waals surface area (Å²) in [6.45, 7) is 27.0.